The SMILES string of the molecule is CCCCCN(CCCCC)CC(C)NC(=O)c1ccn(COc2ccccc2C)n1. The summed E-state index contributed by atoms with van der Waals surface area (Å²) in [6.07, 6.45) is 9.18. The zero-order valence-corrected chi connectivity index (χ0v) is 19.8. The van der Waals surface area contributed by atoms with Crippen molar-refractivity contribution in [1.82, 2.24) is 20.0 Å². The minimum atomic E-state index is -0.135. The molecule has 0 saturated heterocycles. The van der Waals surface area contributed by atoms with Crippen molar-refractivity contribution < 1.29 is 9.53 Å². The van der Waals surface area contributed by atoms with Crippen molar-refractivity contribution in [3.63, 3.8) is 0 Å². The van der Waals surface area contributed by atoms with Gasteiger partial charge in [0.25, 0.3) is 5.91 Å². The van der Waals surface area contributed by atoms with Gasteiger partial charge in [-0.25, -0.2) is 4.68 Å². The van der Waals surface area contributed by atoms with Crippen LogP contribution in [0.5, 0.6) is 5.75 Å². The average molecular weight is 429 g/mol. The minimum Gasteiger partial charge on any atom is -0.471 e. The second-order valence-electron chi connectivity index (χ2n) is 8.37. The molecule has 2 rings (SSSR count). The number of aryl methyl sites for hydroxylation is 1. The average Bonchev–Trinajstić information content (AvgIpc) is 3.22. The number of carbonyl (C=O) groups excluding carboxylic acids is 1. The summed E-state index contributed by atoms with van der Waals surface area (Å²) in [6, 6.07) is 9.68. The Kier molecular flexibility index (Phi) is 11.1. The van der Waals surface area contributed by atoms with Gasteiger partial charge in [-0.1, -0.05) is 57.7 Å². The highest BCUT2D eigenvalue weighted by molar-refractivity contribution is 5.92. The normalized spacial score (nSPS) is 12.2. The van der Waals surface area contributed by atoms with Crippen LogP contribution in [0.2, 0.25) is 0 Å². The molecule has 0 aliphatic heterocycles. The van der Waals surface area contributed by atoms with Crippen molar-refractivity contribution in [2.45, 2.75) is 79.0 Å². The smallest absolute Gasteiger partial charge is 0.272 e. The van der Waals surface area contributed by atoms with Crippen molar-refractivity contribution in [2.24, 2.45) is 0 Å². The molecule has 2 aromatic rings. The first-order chi connectivity index (χ1) is 15.0. The lowest BCUT2D eigenvalue weighted by atomic mass is 10.2. The molecule has 0 aliphatic carbocycles. The van der Waals surface area contributed by atoms with Gasteiger partial charge in [-0.2, -0.15) is 5.10 Å². The van der Waals surface area contributed by atoms with Crippen LogP contribution in [-0.2, 0) is 6.73 Å². The van der Waals surface area contributed by atoms with Crippen molar-refractivity contribution in [3.8, 4) is 5.75 Å². The Bertz CT molecular complexity index is 764. The Hall–Kier alpha value is -2.34. The molecule has 0 fully saturated rings. The fourth-order valence-corrected chi connectivity index (χ4v) is 3.60. The van der Waals surface area contributed by atoms with Gasteiger partial charge in [-0.05, 0) is 57.5 Å². The number of hydrogen-bond acceptors (Lipinski definition) is 4. The van der Waals surface area contributed by atoms with Crippen molar-refractivity contribution in [2.75, 3.05) is 19.6 Å². The molecule has 0 aliphatic rings. The third-order valence-electron chi connectivity index (χ3n) is 5.38. The predicted molar refractivity (Wildman–Crippen MR) is 126 cm³/mol. The Morgan fingerprint density at radius 1 is 1.10 bits per heavy atom. The molecule has 1 N–H and O–H groups in total. The van der Waals surface area contributed by atoms with Gasteiger partial charge >= 0.3 is 0 Å². The van der Waals surface area contributed by atoms with E-state index in [0.29, 0.717) is 5.69 Å². The number of rotatable bonds is 15. The van der Waals surface area contributed by atoms with Gasteiger partial charge < -0.3 is 15.0 Å². The number of nitrogens with one attached hydrogen (secondary N) is 1. The molecule has 1 amide bonds. The minimum absolute atomic E-state index is 0.0733. The molecule has 1 aromatic carbocycles. The quantitative estimate of drug-likeness (QED) is 0.404. The predicted octanol–water partition coefficient (Wildman–Crippen LogP) is 5.03. The van der Waals surface area contributed by atoms with E-state index in [-0.39, 0.29) is 18.7 Å². The van der Waals surface area contributed by atoms with Crippen LogP contribution >= 0.6 is 0 Å². The van der Waals surface area contributed by atoms with E-state index in [2.05, 4.69) is 36.1 Å². The Morgan fingerprint density at radius 2 is 1.77 bits per heavy atom. The van der Waals surface area contributed by atoms with Crippen LogP contribution in [0.1, 0.15) is 75.3 Å². The lowest BCUT2D eigenvalue weighted by Crippen LogP contribution is -2.42. The number of para-hydroxylation sites is 1. The number of carbonyl (C=O) groups is 1. The summed E-state index contributed by atoms with van der Waals surface area (Å²) in [5.74, 6) is 0.688. The van der Waals surface area contributed by atoms with Gasteiger partial charge in [-0.3, -0.25) is 4.79 Å². The lowest BCUT2D eigenvalue weighted by molar-refractivity contribution is 0.0921. The van der Waals surface area contributed by atoms with Crippen molar-refractivity contribution in [1.29, 1.82) is 0 Å². The molecule has 6 heteroatoms. The maximum Gasteiger partial charge on any atom is 0.272 e. The molecule has 0 spiro atoms. The first-order valence-electron chi connectivity index (χ1n) is 11.8. The van der Waals surface area contributed by atoms with E-state index in [4.69, 9.17) is 4.74 Å². The van der Waals surface area contributed by atoms with Crippen LogP contribution in [0.25, 0.3) is 0 Å². The number of ether oxygens (including phenoxy) is 1. The highest BCUT2D eigenvalue weighted by Crippen LogP contribution is 2.16. The Labute approximate surface area is 188 Å². The van der Waals surface area contributed by atoms with E-state index in [1.54, 1.807) is 16.9 Å². The second-order valence-corrected chi connectivity index (χ2v) is 8.37. The maximum absolute atomic E-state index is 12.7. The molecule has 31 heavy (non-hydrogen) atoms. The molecule has 1 aromatic heterocycles. The Balaban J connectivity index is 1.83. The maximum atomic E-state index is 12.7. The summed E-state index contributed by atoms with van der Waals surface area (Å²) in [5.41, 5.74) is 1.49. The fraction of sp³-hybridized carbons (Fsp3) is 0.600. The molecular formula is C25H40N4O2. The number of unbranched alkanes of at least 4 members (excludes halogenated alkanes) is 4. The zero-order valence-electron chi connectivity index (χ0n) is 19.8. The highest BCUT2D eigenvalue weighted by Gasteiger charge is 2.15. The van der Waals surface area contributed by atoms with Crippen LogP contribution < -0.4 is 10.1 Å². The van der Waals surface area contributed by atoms with E-state index >= 15 is 0 Å². The summed E-state index contributed by atoms with van der Waals surface area (Å²) < 4.78 is 7.45. The van der Waals surface area contributed by atoms with E-state index in [1.165, 1.54) is 38.5 Å². The highest BCUT2D eigenvalue weighted by atomic mass is 16.5. The third-order valence-corrected chi connectivity index (χ3v) is 5.38. The van der Waals surface area contributed by atoms with Crippen LogP contribution in [0.3, 0.4) is 0 Å². The van der Waals surface area contributed by atoms with E-state index < -0.39 is 0 Å². The molecular weight excluding hydrogens is 388 g/mol. The molecule has 0 radical (unpaired) electrons. The van der Waals surface area contributed by atoms with Gasteiger partial charge in [0.15, 0.2) is 6.73 Å². The largest absolute Gasteiger partial charge is 0.471 e. The molecule has 0 bridgehead atoms. The molecule has 1 heterocycles. The van der Waals surface area contributed by atoms with E-state index in [0.717, 1.165) is 30.9 Å². The standard InChI is InChI=1S/C25H40N4O2/c1-5-7-11-16-28(17-12-8-6-2)19-22(4)26-25(30)23-15-18-29(27-23)20-31-24-14-10-9-13-21(24)3/h9-10,13-15,18,22H,5-8,11-12,16-17,19-20H2,1-4H3,(H,26,30). The topological polar surface area (TPSA) is 59.4 Å². The van der Waals surface area contributed by atoms with Gasteiger partial charge in [-0.15, -0.1) is 0 Å². The summed E-state index contributed by atoms with van der Waals surface area (Å²) in [4.78, 5) is 15.1. The van der Waals surface area contributed by atoms with E-state index in [9.17, 15) is 4.79 Å². The Morgan fingerprint density at radius 3 is 2.42 bits per heavy atom. The number of nitrogens with zero attached hydrogens (tertiary/aromatic N) is 3. The van der Waals surface area contributed by atoms with Crippen molar-refractivity contribution >= 4 is 5.91 Å². The van der Waals surface area contributed by atoms with Gasteiger partial charge in [0, 0.05) is 18.8 Å². The fourth-order valence-electron chi connectivity index (χ4n) is 3.60. The summed E-state index contributed by atoms with van der Waals surface area (Å²) in [7, 11) is 0. The van der Waals surface area contributed by atoms with Gasteiger partial charge in [0.2, 0.25) is 0 Å². The van der Waals surface area contributed by atoms with Crippen LogP contribution in [0, 0.1) is 6.92 Å². The van der Waals surface area contributed by atoms with Gasteiger partial charge in [0.1, 0.15) is 11.4 Å². The van der Waals surface area contributed by atoms with Gasteiger partial charge in [0.05, 0.1) is 0 Å². The monoisotopic (exact) mass is 428 g/mol. The number of benzene rings is 1. The summed E-state index contributed by atoms with van der Waals surface area (Å²) >= 11 is 0. The summed E-state index contributed by atoms with van der Waals surface area (Å²) in [5, 5.41) is 7.48. The lowest BCUT2D eigenvalue weighted by Gasteiger charge is -2.26. The second kappa shape index (κ2) is 13.9. The molecule has 1 unspecified atom stereocenters. The number of amides is 1. The first kappa shape index (κ1) is 24.9. The zero-order chi connectivity index (χ0) is 22.5. The molecule has 0 saturated carbocycles. The third kappa shape index (κ3) is 9.13. The van der Waals surface area contributed by atoms with Crippen LogP contribution in [0.15, 0.2) is 36.5 Å². The molecule has 172 valence electrons. The van der Waals surface area contributed by atoms with Crippen LogP contribution in [0.4, 0.5) is 0 Å². The molecule has 1 atom stereocenters. The first-order valence-corrected chi connectivity index (χ1v) is 11.8. The van der Waals surface area contributed by atoms with Crippen molar-refractivity contribution in [3.05, 3.63) is 47.8 Å². The van der Waals surface area contributed by atoms with E-state index in [1.807, 2.05) is 31.2 Å². The molecule has 6 nitrogen and oxygen atoms in total. The number of hydrogen-bond donors (Lipinski definition) is 1. The number of aromatic nitrogens is 2. The van der Waals surface area contributed by atoms with Crippen LogP contribution in [-0.4, -0.2) is 46.3 Å². The summed E-state index contributed by atoms with van der Waals surface area (Å²) in [6.45, 7) is 11.9.